The molecular formula is C35H31F4N3O7. The number of anilines is 1. The van der Waals surface area contributed by atoms with Crippen LogP contribution in [0, 0.1) is 13.8 Å². The zero-order chi connectivity index (χ0) is 35.2. The van der Waals surface area contributed by atoms with Crippen LogP contribution in [0.15, 0.2) is 73.1 Å². The molecule has 2 fully saturated rings. The van der Waals surface area contributed by atoms with Gasteiger partial charge in [-0.1, -0.05) is 24.3 Å². The Hall–Kier alpha value is -5.40. The van der Waals surface area contributed by atoms with Crippen LogP contribution in [0.5, 0.6) is 23.0 Å². The number of aromatic nitrogens is 2. The monoisotopic (exact) mass is 681 g/mol. The average Bonchev–Trinajstić information content (AvgIpc) is 3.96. The second-order valence-corrected chi connectivity index (χ2v) is 12.3. The number of alkyl halides is 4. The van der Waals surface area contributed by atoms with Crippen LogP contribution in [0.25, 0.3) is 0 Å². The summed E-state index contributed by atoms with van der Waals surface area (Å²) in [7, 11) is 0. The summed E-state index contributed by atoms with van der Waals surface area (Å²) >= 11 is 0. The summed E-state index contributed by atoms with van der Waals surface area (Å²) in [5.41, 5.74) is 7.81. The molecule has 2 aliphatic carbocycles. The number of ketones is 1. The van der Waals surface area contributed by atoms with Crippen LogP contribution in [0.4, 0.5) is 23.4 Å². The standard InChI is InChI=1S/C18H15F2NO3.C11H8F2O4.C6H8N2/c1-11-2-4-13(21-10-11)9-16(22)17(6-7-17)12-3-5-14-15(8-12)24-18(19,20)23-14;12-11(13)16-7-2-1-6(5-8(7)17-11)10(3-4-10)9(14)15;1-5-2-3-6(7)8-4-5/h2-5,8,10H,6-7,9H2,1H3;1-2,5H,3-4H2,(H,14,15);2-4H,1H3,(H2,7,8). The highest BCUT2D eigenvalue weighted by Gasteiger charge is 2.54. The zero-order valence-corrected chi connectivity index (χ0v) is 26.3. The van der Waals surface area contributed by atoms with Crippen molar-refractivity contribution in [3.63, 3.8) is 0 Å². The molecule has 4 heterocycles. The molecule has 3 N–H and O–H groups in total. The van der Waals surface area contributed by atoms with Gasteiger partial charge in [-0.2, -0.15) is 0 Å². The molecule has 256 valence electrons. The maximum Gasteiger partial charge on any atom is 0.586 e. The number of carboxylic acid groups (broad SMARTS) is 1. The van der Waals surface area contributed by atoms with Gasteiger partial charge in [-0.3, -0.25) is 14.6 Å². The van der Waals surface area contributed by atoms with Gasteiger partial charge in [0.05, 0.1) is 10.8 Å². The number of nitrogens with two attached hydrogens (primary N) is 1. The van der Waals surface area contributed by atoms with Crippen molar-refractivity contribution in [2.75, 3.05) is 5.73 Å². The van der Waals surface area contributed by atoms with E-state index < -0.39 is 29.4 Å². The van der Waals surface area contributed by atoms with E-state index in [9.17, 15) is 27.2 Å². The summed E-state index contributed by atoms with van der Waals surface area (Å²) < 4.78 is 69.3. The van der Waals surface area contributed by atoms with Crippen molar-refractivity contribution in [2.24, 2.45) is 0 Å². The normalized spacial score (nSPS) is 18.6. The third kappa shape index (κ3) is 7.22. The lowest BCUT2D eigenvalue weighted by Crippen LogP contribution is -2.26. The second kappa shape index (κ2) is 12.2. The van der Waals surface area contributed by atoms with Crippen LogP contribution >= 0.6 is 0 Å². The number of halogens is 4. The summed E-state index contributed by atoms with van der Waals surface area (Å²) in [6, 6.07) is 16.2. The van der Waals surface area contributed by atoms with Gasteiger partial charge in [-0.05, 0) is 98.2 Å². The number of fused-ring (bicyclic) bond motifs is 2. The lowest BCUT2D eigenvalue weighted by atomic mass is 9.88. The number of carbonyl (C=O) groups excluding carboxylic acids is 1. The molecular weight excluding hydrogens is 650 g/mol. The topological polar surface area (TPSA) is 143 Å². The van der Waals surface area contributed by atoms with Crippen molar-refractivity contribution >= 4 is 17.6 Å². The highest BCUT2D eigenvalue weighted by Crippen LogP contribution is 2.53. The predicted molar refractivity (Wildman–Crippen MR) is 166 cm³/mol. The van der Waals surface area contributed by atoms with Gasteiger partial charge in [0.15, 0.2) is 23.0 Å². The van der Waals surface area contributed by atoms with Crippen molar-refractivity contribution < 1.29 is 51.2 Å². The smallest absolute Gasteiger partial charge is 0.481 e. The number of Topliss-reactive ketones (excluding diaryl/α,β-unsaturated/α-hetero) is 1. The molecule has 0 amide bonds. The number of nitrogen functional groups attached to an aromatic ring is 1. The summed E-state index contributed by atoms with van der Waals surface area (Å²) in [6.45, 7) is 3.91. The number of ether oxygens (including phenoxy) is 4. The fourth-order valence-electron chi connectivity index (χ4n) is 5.51. The lowest BCUT2D eigenvalue weighted by molar-refractivity contribution is -0.287. The van der Waals surface area contributed by atoms with E-state index in [2.05, 4.69) is 28.9 Å². The Morgan fingerprint density at radius 2 is 1.16 bits per heavy atom. The molecule has 4 aromatic rings. The highest BCUT2D eigenvalue weighted by molar-refractivity contribution is 5.94. The third-order valence-corrected chi connectivity index (χ3v) is 8.60. The number of aryl methyl sites for hydroxylation is 2. The van der Waals surface area contributed by atoms with Gasteiger partial charge in [0, 0.05) is 24.5 Å². The Morgan fingerprint density at radius 3 is 1.57 bits per heavy atom. The first-order valence-electron chi connectivity index (χ1n) is 15.3. The molecule has 2 aliphatic heterocycles. The Morgan fingerprint density at radius 1 is 0.694 bits per heavy atom. The summed E-state index contributed by atoms with van der Waals surface area (Å²) in [4.78, 5) is 32.0. The number of benzene rings is 2. The third-order valence-electron chi connectivity index (χ3n) is 8.60. The van der Waals surface area contributed by atoms with Crippen molar-refractivity contribution in [2.45, 2.75) is 69.4 Å². The predicted octanol–water partition coefficient (Wildman–Crippen LogP) is 6.65. The highest BCUT2D eigenvalue weighted by atomic mass is 19.3. The van der Waals surface area contributed by atoms with Gasteiger partial charge in [0.2, 0.25) is 0 Å². The fraction of sp³-hybridized carbons (Fsp3) is 0.314. The van der Waals surface area contributed by atoms with E-state index >= 15 is 0 Å². The molecule has 2 aromatic heterocycles. The van der Waals surface area contributed by atoms with E-state index in [4.69, 9.17) is 10.8 Å². The van der Waals surface area contributed by atoms with Gasteiger partial charge < -0.3 is 29.8 Å². The van der Waals surface area contributed by atoms with E-state index in [0.29, 0.717) is 48.3 Å². The first-order chi connectivity index (χ1) is 23.1. The molecule has 0 spiro atoms. The van der Waals surface area contributed by atoms with Crippen molar-refractivity contribution in [3.05, 3.63) is 101 Å². The van der Waals surface area contributed by atoms with Gasteiger partial charge in [-0.15, -0.1) is 17.6 Å². The molecule has 10 nitrogen and oxygen atoms in total. The molecule has 14 heteroatoms. The SMILES string of the molecule is Cc1ccc(CC(=O)C2(c3ccc4c(c3)OC(F)(F)O4)CC2)nc1.Cc1ccc(N)nc1.O=C(O)C1(c2ccc3c(c2)OC(F)(F)O3)CC1. The first-order valence-corrected chi connectivity index (χ1v) is 15.3. The molecule has 2 saturated carbocycles. The zero-order valence-electron chi connectivity index (χ0n) is 26.3. The maximum atomic E-state index is 13.1. The van der Waals surface area contributed by atoms with Crippen molar-refractivity contribution in [1.29, 1.82) is 0 Å². The average molecular weight is 682 g/mol. The number of hydrogen-bond donors (Lipinski definition) is 2. The number of aliphatic carboxylic acids is 1. The number of carboxylic acids is 1. The van der Waals surface area contributed by atoms with Crippen LogP contribution < -0.4 is 24.7 Å². The summed E-state index contributed by atoms with van der Waals surface area (Å²) in [5.74, 6) is -0.527. The Bertz CT molecular complexity index is 1870. The van der Waals surface area contributed by atoms with Crippen LogP contribution in [0.1, 0.15) is 53.6 Å². The minimum absolute atomic E-state index is 0.00722. The van der Waals surface area contributed by atoms with Gasteiger partial charge >= 0.3 is 18.6 Å². The van der Waals surface area contributed by atoms with E-state index in [-0.39, 0.29) is 35.2 Å². The lowest BCUT2D eigenvalue weighted by Gasteiger charge is -2.15. The summed E-state index contributed by atoms with van der Waals surface area (Å²) in [5, 5.41) is 9.09. The molecule has 2 aromatic carbocycles. The second-order valence-electron chi connectivity index (χ2n) is 12.3. The largest absolute Gasteiger partial charge is 0.586 e. The van der Waals surface area contributed by atoms with Gasteiger partial charge in [0.1, 0.15) is 11.6 Å². The van der Waals surface area contributed by atoms with Crippen LogP contribution in [-0.4, -0.2) is 39.4 Å². The minimum Gasteiger partial charge on any atom is -0.481 e. The molecule has 0 bridgehead atoms. The van der Waals surface area contributed by atoms with Crippen LogP contribution in [0.2, 0.25) is 0 Å². The Balaban J connectivity index is 0.000000144. The first kappa shape index (κ1) is 33.5. The van der Waals surface area contributed by atoms with Crippen molar-refractivity contribution in [3.8, 4) is 23.0 Å². The molecule has 0 saturated heterocycles. The van der Waals surface area contributed by atoms with E-state index in [0.717, 1.165) is 11.1 Å². The molecule has 0 unspecified atom stereocenters. The molecule has 0 atom stereocenters. The number of rotatable bonds is 6. The maximum absolute atomic E-state index is 13.1. The van der Waals surface area contributed by atoms with E-state index in [1.165, 1.54) is 30.3 Å². The number of carbonyl (C=O) groups is 2. The number of nitrogens with zero attached hydrogens (tertiary/aromatic N) is 2. The number of pyridine rings is 2. The van der Waals surface area contributed by atoms with E-state index in [1.54, 1.807) is 24.5 Å². The van der Waals surface area contributed by atoms with Gasteiger partial charge in [-0.25, -0.2) is 4.98 Å². The number of hydrogen-bond acceptors (Lipinski definition) is 9. The molecule has 49 heavy (non-hydrogen) atoms. The molecule has 0 radical (unpaired) electrons. The van der Waals surface area contributed by atoms with Crippen LogP contribution in [0.3, 0.4) is 0 Å². The Labute approximate surface area is 277 Å². The van der Waals surface area contributed by atoms with Crippen LogP contribution in [-0.2, 0) is 26.8 Å². The molecule has 8 rings (SSSR count). The van der Waals surface area contributed by atoms with E-state index in [1.807, 2.05) is 32.0 Å². The van der Waals surface area contributed by atoms with Crippen molar-refractivity contribution in [1.82, 2.24) is 9.97 Å². The Kier molecular flexibility index (Phi) is 8.37. The molecule has 4 aliphatic rings. The van der Waals surface area contributed by atoms with Gasteiger partial charge in [0.25, 0.3) is 0 Å². The minimum atomic E-state index is -3.67. The summed E-state index contributed by atoms with van der Waals surface area (Å²) in [6.07, 6.45) is -1.18. The quantitative estimate of drug-likeness (QED) is 0.212. The fourth-order valence-corrected chi connectivity index (χ4v) is 5.51.